The van der Waals surface area contributed by atoms with Crippen LogP contribution in [0.15, 0.2) is 12.7 Å². The van der Waals surface area contributed by atoms with Gasteiger partial charge in [0.05, 0.1) is 12.2 Å². The molecule has 2 unspecified atom stereocenters. The SMILES string of the molecule is CCCCCCOC(C)CC(O)Cc1ncncn1. The summed E-state index contributed by atoms with van der Waals surface area (Å²) in [6.45, 7) is 4.97. The summed E-state index contributed by atoms with van der Waals surface area (Å²) in [5.41, 5.74) is 0. The van der Waals surface area contributed by atoms with Crippen LogP contribution in [0.3, 0.4) is 0 Å². The lowest BCUT2D eigenvalue weighted by Crippen LogP contribution is -2.21. The highest BCUT2D eigenvalue weighted by Crippen LogP contribution is 2.08. The van der Waals surface area contributed by atoms with Crippen LogP contribution in [0.25, 0.3) is 0 Å². The van der Waals surface area contributed by atoms with Gasteiger partial charge >= 0.3 is 0 Å². The van der Waals surface area contributed by atoms with Gasteiger partial charge in [0.25, 0.3) is 0 Å². The first-order valence-corrected chi connectivity index (χ1v) is 7.13. The van der Waals surface area contributed by atoms with Crippen LogP contribution < -0.4 is 0 Å². The largest absolute Gasteiger partial charge is 0.393 e. The fraction of sp³-hybridized carbons (Fsp3) is 0.786. The van der Waals surface area contributed by atoms with E-state index in [-0.39, 0.29) is 6.10 Å². The molecule has 0 saturated heterocycles. The molecule has 0 amide bonds. The summed E-state index contributed by atoms with van der Waals surface area (Å²) >= 11 is 0. The Hall–Kier alpha value is -1.07. The van der Waals surface area contributed by atoms with Gasteiger partial charge in [-0.25, -0.2) is 15.0 Å². The van der Waals surface area contributed by atoms with Crippen LogP contribution in [0.1, 0.15) is 51.8 Å². The third-order valence-electron chi connectivity index (χ3n) is 2.97. The maximum Gasteiger partial charge on any atom is 0.134 e. The molecule has 5 heteroatoms. The maximum atomic E-state index is 9.93. The van der Waals surface area contributed by atoms with Gasteiger partial charge in [-0.05, 0) is 19.8 Å². The number of aliphatic hydroxyl groups excluding tert-OH is 1. The van der Waals surface area contributed by atoms with Gasteiger partial charge in [-0.15, -0.1) is 0 Å². The standard InChI is InChI=1S/C14H25N3O2/c1-3-4-5-6-7-19-12(2)8-13(18)9-14-16-10-15-11-17-14/h10-13,18H,3-9H2,1-2H3. The number of hydrogen-bond acceptors (Lipinski definition) is 5. The van der Waals surface area contributed by atoms with E-state index in [1.54, 1.807) is 0 Å². The quantitative estimate of drug-likeness (QED) is 0.658. The second-order valence-electron chi connectivity index (χ2n) is 4.89. The molecule has 5 nitrogen and oxygen atoms in total. The topological polar surface area (TPSA) is 68.1 Å². The molecule has 0 saturated carbocycles. The number of nitrogens with zero attached hydrogens (tertiary/aromatic N) is 3. The zero-order chi connectivity index (χ0) is 13.9. The van der Waals surface area contributed by atoms with E-state index in [1.165, 1.54) is 31.9 Å². The van der Waals surface area contributed by atoms with Crippen LogP contribution in [0.2, 0.25) is 0 Å². The van der Waals surface area contributed by atoms with Crippen molar-refractivity contribution in [3.63, 3.8) is 0 Å². The highest BCUT2D eigenvalue weighted by Gasteiger charge is 2.12. The van der Waals surface area contributed by atoms with E-state index >= 15 is 0 Å². The fourth-order valence-corrected chi connectivity index (χ4v) is 1.93. The van der Waals surface area contributed by atoms with E-state index in [4.69, 9.17) is 4.74 Å². The summed E-state index contributed by atoms with van der Waals surface area (Å²) in [7, 11) is 0. The number of ether oxygens (including phenoxy) is 1. The zero-order valence-corrected chi connectivity index (χ0v) is 12.0. The molecule has 0 aromatic carbocycles. The molecule has 0 bridgehead atoms. The van der Waals surface area contributed by atoms with Gasteiger partial charge in [-0.1, -0.05) is 26.2 Å². The van der Waals surface area contributed by atoms with Crippen molar-refractivity contribution in [2.75, 3.05) is 6.61 Å². The van der Waals surface area contributed by atoms with Gasteiger partial charge in [0.15, 0.2) is 0 Å². The molecule has 2 atom stereocenters. The van der Waals surface area contributed by atoms with Crippen molar-refractivity contribution >= 4 is 0 Å². The van der Waals surface area contributed by atoms with E-state index in [2.05, 4.69) is 21.9 Å². The smallest absolute Gasteiger partial charge is 0.134 e. The Morgan fingerprint density at radius 3 is 2.63 bits per heavy atom. The molecule has 1 heterocycles. The molecule has 1 aromatic rings. The minimum absolute atomic E-state index is 0.0680. The molecule has 108 valence electrons. The lowest BCUT2D eigenvalue weighted by molar-refractivity contribution is 0.0224. The summed E-state index contributed by atoms with van der Waals surface area (Å²) in [5.74, 6) is 0.623. The maximum absolute atomic E-state index is 9.93. The zero-order valence-electron chi connectivity index (χ0n) is 12.0. The first-order valence-electron chi connectivity index (χ1n) is 7.13. The average molecular weight is 267 g/mol. The second kappa shape index (κ2) is 9.81. The molecular formula is C14H25N3O2. The highest BCUT2D eigenvalue weighted by atomic mass is 16.5. The molecule has 19 heavy (non-hydrogen) atoms. The predicted octanol–water partition coefficient (Wildman–Crippen LogP) is 2.15. The Morgan fingerprint density at radius 2 is 1.95 bits per heavy atom. The number of unbranched alkanes of at least 4 members (excludes halogenated alkanes) is 3. The summed E-state index contributed by atoms with van der Waals surface area (Å²) < 4.78 is 5.68. The van der Waals surface area contributed by atoms with Crippen molar-refractivity contribution in [1.82, 2.24) is 15.0 Å². The fourth-order valence-electron chi connectivity index (χ4n) is 1.93. The number of aromatic nitrogens is 3. The normalized spacial score (nSPS) is 14.3. The molecule has 1 rings (SSSR count). The van der Waals surface area contributed by atoms with Gasteiger partial charge in [-0.2, -0.15) is 0 Å². The monoisotopic (exact) mass is 267 g/mol. The van der Waals surface area contributed by atoms with Gasteiger partial charge < -0.3 is 9.84 Å². The van der Waals surface area contributed by atoms with Gasteiger partial charge in [-0.3, -0.25) is 0 Å². The first kappa shape index (κ1) is 16.0. The molecule has 0 spiro atoms. The van der Waals surface area contributed by atoms with Crippen molar-refractivity contribution in [3.05, 3.63) is 18.5 Å². The molecule has 0 radical (unpaired) electrons. The first-order chi connectivity index (χ1) is 9.22. The Bertz CT molecular complexity index is 322. The van der Waals surface area contributed by atoms with E-state index in [1.807, 2.05) is 6.92 Å². The molecule has 0 aliphatic carbocycles. The lowest BCUT2D eigenvalue weighted by atomic mass is 10.1. The predicted molar refractivity (Wildman–Crippen MR) is 73.7 cm³/mol. The third kappa shape index (κ3) is 7.85. The van der Waals surface area contributed by atoms with Crippen molar-refractivity contribution in [2.24, 2.45) is 0 Å². The second-order valence-corrected chi connectivity index (χ2v) is 4.89. The van der Waals surface area contributed by atoms with Crippen molar-refractivity contribution in [3.8, 4) is 0 Å². The summed E-state index contributed by atoms with van der Waals surface area (Å²) in [4.78, 5) is 11.7. The number of aliphatic hydroxyl groups is 1. The van der Waals surface area contributed by atoms with E-state index in [0.717, 1.165) is 13.0 Å². The van der Waals surface area contributed by atoms with Gasteiger partial charge in [0.1, 0.15) is 18.5 Å². The minimum atomic E-state index is -0.465. The van der Waals surface area contributed by atoms with E-state index < -0.39 is 6.10 Å². The van der Waals surface area contributed by atoms with Crippen LogP contribution in [0, 0.1) is 0 Å². The van der Waals surface area contributed by atoms with E-state index in [0.29, 0.717) is 18.7 Å². The summed E-state index contributed by atoms with van der Waals surface area (Å²) in [6.07, 6.45) is 8.38. The highest BCUT2D eigenvalue weighted by molar-refractivity contribution is 4.85. The third-order valence-corrected chi connectivity index (χ3v) is 2.97. The van der Waals surface area contributed by atoms with Crippen molar-refractivity contribution < 1.29 is 9.84 Å². The molecule has 1 aromatic heterocycles. The Kier molecular flexibility index (Phi) is 8.25. The molecule has 0 fully saturated rings. The van der Waals surface area contributed by atoms with Crippen LogP contribution in [0.4, 0.5) is 0 Å². The van der Waals surface area contributed by atoms with Crippen LogP contribution in [-0.4, -0.2) is 38.9 Å². The lowest BCUT2D eigenvalue weighted by Gasteiger charge is -2.16. The van der Waals surface area contributed by atoms with Gasteiger partial charge in [0, 0.05) is 13.0 Å². The van der Waals surface area contributed by atoms with Crippen molar-refractivity contribution in [2.45, 2.75) is 64.6 Å². The Balaban J connectivity index is 2.12. The van der Waals surface area contributed by atoms with Crippen molar-refractivity contribution in [1.29, 1.82) is 0 Å². The molecular weight excluding hydrogens is 242 g/mol. The summed E-state index contributed by atoms with van der Waals surface area (Å²) in [6, 6.07) is 0. The average Bonchev–Trinajstić information content (AvgIpc) is 2.39. The molecule has 0 aliphatic heterocycles. The molecule has 0 aliphatic rings. The minimum Gasteiger partial charge on any atom is -0.393 e. The number of hydrogen-bond donors (Lipinski definition) is 1. The van der Waals surface area contributed by atoms with Crippen LogP contribution in [0.5, 0.6) is 0 Å². The Morgan fingerprint density at radius 1 is 1.21 bits per heavy atom. The summed E-state index contributed by atoms with van der Waals surface area (Å²) in [5, 5.41) is 9.93. The number of rotatable bonds is 10. The van der Waals surface area contributed by atoms with Gasteiger partial charge in [0.2, 0.25) is 0 Å². The van der Waals surface area contributed by atoms with Crippen LogP contribution >= 0.6 is 0 Å². The Labute approximate surface area is 115 Å². The molecule has 1 N–H and O–H groups in total. The van der Waals surface area contributed by atoms with E-state index in [9.17, 15) is 5.11 Å². The van der Waals surface area contributed by atoms with Crippen LogP contribution in [-0.2, 0) is 11.2 Å².